The van der Waals surface area contributed by atoms with E-state index in [9.17, 15) is 28.3 Å². The number of hydrogen-bond donors (Lipinski definition) is 7. The Hall–Kier alpha value is -7.31. The molecule has 0 bridgehead atoms. The predicted molar refractivity (Wildman–Crippen MR) is 244 cm³/mol. The molecule has 8 N–H and O–H groups in total. The summed E-state index contributed by atoms with van der Waals surface area (Å²) in [5.74, 6) is 5.77. The van der Waals surface area contributed by atoms with Crippen molar-refractivity contribution in [3.8, 4) is 23.3 Å². The SMILES string of the molecule is COc1cccc(Nc2c(C(N)=O)cnc3c(C)cc(S(C)(=O)(O)c4cccc(C(=O)Nc5ccc(C#CCCCNCCc6ccc(O)c7[nH]c(=O)ccc67)cc5)c4)cc23)c1. The summed E-state index contributed by atoms with van der Waals surface area (Å²) in [5, 5.41) is 20.8. The Bertz CT molecular complexity index is 3060. The first-order valence-corrected chi connectivity index (χ1v) is 22.1. The maximum Gasteiger partial charge on any atom is 0.255 e. The molecule has 0 saturated carbocycles. The second-order valence-electron chi connectivity index (χ2n) is 15.0. The molecule has 2 amide bonds. The summed E-state index contributed by atoms with van der Waals surface area (Å²) in [7, 11) is -3.31. The summed E-state index contributed by atoms with van der Waals surface area (Å²) in [6.45, 7) is 3.27. The molecule has 0 aliphatic carbocycles. The number of phenolic OH excluding ortho intramolecular Hbond substituents is 1. The van der Waals surface area contributed by atoms with Gasteiger partial charge in [-0.2, -0.15) is 4.21 Å². The largest absolute Gasteiger partial charge is 0.506 e. The molecule has 0 atom stereocenters. The summed E-state index contributed by atoms with van der Waals surface area (Å²) in [5.41, 5.74) is 10.6. The highest BCUT2D eigenvalue weighted by Gasteiger charge is 2.30. The van der Waals surface area contributed by atoms with E-state index in [1.807, 2.05) is 18.2 Å². The van der Waals surface area contributed by atoms with Crippen LogP contribution in [0.1, 0.15) is 50.2 Å². The van der Waals surface area contributed by atoms with Crippen LogP contribution in [0.2, 0.25) is 0 Å². The number of anilines is 3. The first kappa shape index (κ1) is 42.8. The molecule has 62 heavy (non-hydrogen) atoms. The van der Waals surface area contributed by atoms with Crippen molar-refractivity contribution in [1.82, 2.24) is 15.3 Å². The number of methoxy groups -OCH3 is 1. The minimum Gasteiger partial charge on any atom is -0.506 e. The van der Waals surface area contributed by atoms with Crippen LogP contribution in [0.5, 0.6) is 11.5 Å². The van der Waals surface area contributed by atoms with Crippen molar-refractivity contribution in [2.45, 2.75) is 36.0 Å². The van der Waals surface area contributed by atoms with Gasteiger partial charge in [-0.25, -0.2) is 0 Å². The van der Waals surface area contributed by atoms with E-state index in [2.05, 4.69) is 37.8 Å². The highest BCUT2D eigenvalue weighted by molar-refractivity contribution is 8.14. The molecule has 13 nitrogen and oxygen atoms in total. The van der Waals surface area contributed by atoms with Gasteiger partial charge in [0, 0.05) is 64.3 Å². The van der Waals surface area contributed by atoms with E-state index in [1.54, 1.807) is 80.8 Å². The van der Waals surface area contributed by atoms with E-state index < -0.39 is 21.2 Å². The molecule has 2 aromatic heterocycles. The van der Waals surface area contributed by atoms with Crippen LogP contribution in [0.3, 0.4) is 0 Å². The van der Waals surface area contributed by atoms with Gasteiger partial charge < -0.3 is 36.5 Å². The van der Waals surface area contributed by atoms with Crippen LogP contribution in [-0.4, -0.2) is 62.1 Å². The molecule has 0 unspecified atom stereocenters. The van der Waals surface area contributed by atoms with Crippen LogP contribution in [0, 0.1) is 18.8 Å². The number of benzene rings is 5. The second-order valence-corrected chi connectivity index (χ2v) is 18.5. The molecule has 0 saturated heterocycles. The van der Waals surface area contributed by atoms with Crippen molar-refractivity contribution < 1.29 is 28.2 Å². The number of carbonyl (C=O) groups is 2. The van der Waals surface area contributed by atoms with Gasteiger partial charge in [0.05, 0.1) is 39.2 Å². The topological polar surface area (TPSA) is 209 Å². The van der Waals surface area contributed by atoms with Gasteiger partial charge in [-0.15, -0.1) is 9.35 Å². The first-order valence-electron chi connectivity index (χ1n) is 19.8. The van der Waals surface area contributed by atoms with Crippen molar-refractivity contribution in [2.75, 3.05) is 37.1 Å². The fourth-order valence-corrected chi connectivity index (χ4v) is 9.06. The van der Waals surface area contributed by atoms with Gasteiger partial charge in [0.1, 0.15) is 11.5 Å². The molecule has 0 aliphatic heterocycles. The van der Waals surface area contributed by atoms with Crippen molar-refractivity contribution in [3.63, 3.8) is 0 Å². The van der Waals surface area contributed by atoms with Crippen LogP contribution >= 0.6 is 0 Å². The number of unbranched alkanes of at least 4 members (excludes halogenated alkanes) is 1. The normalized spacial score (nSPS) is 11.9. The molecule has 7 rings (SSSR count). The Morgan fingerprint density at radius 2 is 1.69 bits per heavy atom. The summed E-state index contributed by atoms with van der Waals surface area (Å²) in [6.07, 6.45) is 4.88. The van der Waals surface area contributed by atoms with Crippen LogP contribution < -0.4 is 32.0 Å². The van der Waals surface area contributed by atoms with Crippen molar-refractivity contribution >= 4 is 60.0 Å². The number of hydrogen-bond acceptors (Lipinski definition) is 9. The van der Waals surface area contributed by atoms with E-state index >= 15 is 0 Å². The van der Waals surface area contributed by atoms with Gasteiger partial charge in [-0.3, -0.25) is 23.9 Å². The Morgan fingerprint density at radius 3 is 2.47 bits per heavy atom. The zero-order chi connectivity index (χ0) is 44.0. The van der Waals surface area contributed by atoms with Gasteiger partial charge in [0.2, 0.25) is 5.56 Å². The first-order chi connectivity index (χ1) is 29.7. The monoisotopic (exact) mass is 850 g/mol. The number of nitrogens with one attached hydrogen (secondary N) is 4. The lowest BCUT2D eigenvalue weighted by molar-refractivity contribution is 0.0998. The summed E-state index contributed by atoms with van der Waals surface area (Å²) < 4.78 is 32.3. The fourth-order valence-electron chi connectivity index (χ4n) is 7.13. The number of aromatic amines is 1. The van der Waals surface area contributed by atoms with Gasteiger partial charge in [0.25, 0.3) is 11.8 Å². The molecule has 0 fully saturated rings. The number of fused-ring (bicyclic) bond motifs is 2. The van der Waals surface area contributed by atoms with E-state index in [-0.39, 0.29) is 32.2 Å². The lowest BCUT2D eigenvalue weighted by Gasteiger charge is -2.40. The number of phenols is 1. The van der Waals surface area contributed by atoms with Gasteiger partial charge in [-0.1, -0.05) is 30.0 Å². The lowest BCUT2D eigenvalue weighted by Crippen LogP contribution is -2.31. The Kier molecular flexibility index (Phi) is 12.2. The average Bonchev–Trinajstić information content (AvgIpc) is 3.26. The quantitative estimate of drug-likeness (QED) is 0.0423. The number of rotatable bonds is 14. The number of pyridine rings is 2. The van der Waals surface area contributed by atoms with E-state index in [1.165, 1.54) is 36.7 Å². The zero-order valence-electron chi connectivity index (χ0n) is 34.4. The standard InChI is InChI=1S/C48H46N6O7S/c1-30-25-38(28-40-44(30)51-29-41(47(49)57)45(40)52-35-11-8-12-36(27-35)61-2)62(3,59,60)37-13-7-10-33(26-37)48(58)53-34-17-14-31(15-18-34)9-5-4-6-23-50-24-22-32-16-20-42(55)46-39(32)19-21-43(56)54-46/h7-8,10-21,25-29,50,55H,4,6,22-24H2,1-3H3,(H2,49,57)(H,51,52)(H,53,58)(H,54,56)(H,59,60). The Labute approximate surface area is 358 Å². The molecular formula is C48H46N6O7S. The van der Waals surface area contributed by atoms with Crippen molar-refractivity contribution in [1.29, 1.82) is 0 Å². The summed E-state index contributed by atoms with van der Waals surface area (Å²) in [4.78, 5) is 45.0. The Morgan fingerprint density at radius 1 is 0.903 bits per heavy atom. The minimum absolute atomic E-state index is 0.0279. The highest BCUT2D eigenvalue weighted by atomic mass is 32.3. The third-order valence-electron chi connectivity index (χ3n) is 10.5. The molecule has 5 aromatic carbocycles. The molecule has 0 radical (unpaired) electrons. The number of aromatic nitrogens is 2. The van der Waals surface area contributed by atoms with Gasteiger partial charge in [-0.05, 0) is 123 Å². The van der Waals surface area contributed by atoms with Crippen molar-refractivity contribution in [3.05, 3.63) is 154 Å². The Balaban J connectivity index is 0.993. The average molecular weight is 851 g/mol. The smallest absolute Gasteiger partial charge is 0.255 e. The highest BCUT2D eigenvalue weighted by Crippen LogP contribution is 2.42. The molecule has 316 valence electrons. The number of ether oxygens (including phenoxy) is 1. The van der Waals surface area contributed by atoms with Crippen molar-refractivity contribution in [2.24, 2.45) is 5.73 Å². The number of nitrogens with zero attached hydrogens (tertiary/aromatic N) is 1. The molecule has 0 spiro atoms. The van der Waals surface area contributed by atoms with Crippen LogP contribution in [0.25, 0.3) is 21.8 Å². The number of H-pyrrole nitrogens is 1. The second kappa shape index (κ2) is 17.7. The number of amides is 2. The maximum absolute atomic E-state index is 14.9. The molecular weight excluding hydrogens is 805 g/mol. The zero-order valence-corrected chi connectivity index (χ0v) is 35.2. The summed E-state index contributed by atoms with van der Waals surface area (Å²) >= 11 is 0. The third kappa shape index (κ3) is 9.35. The summed E-state index contributed by atoms with van der Waals surface area (Å²) in [6, 6.07) is 30.0. The van der Waals surface area contributed by atoms with E-state index in [0.717, 1.165) is 42.4 Å². The molecule has 2 heterocycles. The number of aryl methyl sites for hydroxylation is 1. The molecule has 14 heteroatoms. The maximum atomic E-state index is 14.9. The number of primary amides is 1. The van der Waals surface area contributed by atoms with Gasteiger partial charge in [0.15, 0.2) is 0 Å². The molecule has 7 aromatic rings. The lowest BCUT2D eigenvalue weighted by atomic mass is 10.0. The van der Waals surface area contributed by atoms with Crippen LogP contribution in [-0.2, 0) is 15.8 Å². The fraction of sp³-hybridized carbons (Fsp3) is 0.167. The van der Waals surface area contributed by atoms with Crippen LogP contribution in [0.4, 0.5) is 17.1 Å². The van der Waals surface area contributed by atoms with E-state index in [0.29, 0.717) is 51.2 Å². The molecule has 0 aliphatic rings. The van der Waals surface area contributed by atoms with E-state index in [4.69, 9.17) is 10.5 Å². The number of nitrogens with two attached hydrogens (primary N) is 1. The van der Waals surface area contributed by atoms with Crippen LogP contribution in [0.15, 0.2) is 130 Å². The predicted octanol–water partition coefficient (Wildman–Crippen LogP) is 7.50. The number of carbonyl (C=O) groups excluding carboxylic acids is 2. The van der Waals surface area contributed by atoms with Gasteiger partial charge >= 0.3 is 0 Å². The third-order valence-corrected chi connectivity index (χ3v) is 13.2. The minimum atomic E-state index is -4.85. The number of aromatic hydroxyl groups is 1.